The minimum absolute atomic E-state index is 0.434. The van der Waals surface area contributed by atoms with Gasteiger partial charge >= 0.3 is 0 Å². The lowest BCUT2D eigenvalue weighted by Crippen LogP contribution is -2.19. The van der Waals surface area contributed by atoms with Crippen LogP contribution in [0.1, 0.15) is 25.3 Å². The Morgan fingerprint density at radius 1 is 1.50 bits per heavy atom. The Bertz CT molecular complexity index is 379. The Balaban J connectivity index is 2.85. The van der Waals surface area contributed by atoms with Gasteiger partial charge in [0.05, 0.1) is 5.69 Å². The lowest BCUT2D eigenvalue weighted by Gasteiger charge is -2.20. The summed E-state index contributed by atoms with van der Waals surface area (Å²) in [6.07, 6.45) is 2.40. The van der Waals surface area contributed by atoms with Crippen LogP contribution in [-0.2, 0) is 0 Å². The van der Waals surface area contributed by atoms with Gasteiger partial charge in [0.15, 0.2) is 0 Å². The van der Waals surface area contributed by atoms with E-state index < -0.39 is 0 Å². The van der Waals surface area contributed by atoms with Crippen molar-refractivity contribution >= 4 is 38.8 Å². The molecule has 0 aliphatic heterocycles. The SMILES string of the molecule is CCCCN(C)c1ccc(C(N)=S)cc1Br. The molecule has 88 valence electrons. The van der Waals surface area contributed by atoms with Crippen molar-refractivity contribution in [2.75, 3.05) is 18.5 Å². The predicted molar refractivity (Wildman–Crippen MR) is 78.2 cm³/mol. The molecule has 0 radical (unpaired) electrons. The van der Waals surface area contributed by atoms with E-state index in [1.807, 2.05) is 18.2 Å². The molecule has 0 amide bonds. The second kappa shape index (κ2) is 6.21. The number of rotatable bonds is 5. The van der Waals surface area contributed by atoms with Crippen LogP contribution in [0.2, 0.25) is 0 Å². The maximum absolute atomic E-state index is 5.59. The summed E-state index contributed by atoms with van der Waals surface area (Å²) in [5, 5.41) is 0. The van der Waals surface area contributed by atoms with Gasteiger partial charge in [-0.25, -0.2) is 0 Å². The van der Waals surface area contributed by atoms with Crippen LogP contribution in [0.15, 0.2) is 22.7 Å². The number of unbranched alkanes of at least 4 members (excludes halogenated alkanes) is 1. The molecular weight excluding hydrogens is 284 g/mol. The van der Waals surface area contributed by atoms with E-state index in [-0.39, 0.29) is 0 Å². The summed E-state index contributed by atoms with van der Waals surface area (Å²) in [5.74, 6) is 0. The summed E-state index contributed by atoms with van der Waals surface area (Å²) >= 11 is 8.50. The first-order chi connectivity index (χ1) is 7.56. The Hall–Kier alpha value is -0.610. The number of nitrogens with zero attached hydrogens (tertiary/aromatic N) is 1. The molecule has 0 atom stereocenters. The first kappa shape index (κ1) is 13.5. The Morgan fingerprint density at radius 3 is 2.69 bits per heavy atom. The molecule has 0 bridgehead atoms. The monoisotopic (exact) mass is 300 g/mol. The van der Waals surface area contributed by atoms with Crippen LogP contribution in [0.5, 0.6) is 0 Å². The topological polar surface area (TPSA) is 29.3 Å². The third-order valence-corrected chi connectivity index (χ3v) is 3.36. The fraction of sp³-hybridized carbons (Fsp3) is 0.417. The zero-order valence-electron chi connectivity index (χ0n) is 9.66. The van der Waals surface area contributed by atoms with Gasteiger partial charge in [0.25, 0.3) is 0 Å². The van der Waals surface area contributed by atoms with E-state index in [1.54, 1.807) is 0 Å². The summed E-state index contributed by atoms with van der Waals surface area (Å²) in [6, 6.07) is 5.99. The minimum atomic E-state index is 0.434. The van der Waals surface area contributed by atoms with Crippen molar-refractivity contribution in [1.29, 1.82) is 0 Å². The molecule has 16 heavy (non-hydrogen) atoms. The molecule has 0 saturated carbocycles. The zero-order chi connectivity index (χ0) is 12.1. The number of anilines is 1. The van der Waals surface area contributed by atoms with Gasteiger partial charge in [0.1, 0.15) is 4.99 Å². The molecule has 0 spiro atoms. The molecular formula is C12H17BrN2S. The molecule has 0 unspecified atom stereocenters. The number of benzene rings is 1. The quantitative estimate of drug-likeness (QED) is 0.846. The van der Waals surface area contributed by atoms with Crippen molar-refractivity contribution in [2.45, 2.75) is 19.8 Å². The predicted octanol–water partition coefficient (Wildman–Crippen LogP) is 3.32. The van der Waals surface area contributed by atoms with E-state index >= 15 is 0 Å². The Kier molecular flexibility index (Phi) is 5.22. The van der Waals surface area contributed by atoms with Crippen LogP contribution < -0.4 is 10.6 Å². The van der Waals surface area contributed by atoms with E-state index in [0.29, 0.717) is 4.99 Å². The van der Waals surface area contributed by atoms with E-state index in [9.17, 15) is 0 Å². The smallest absolute Gasteiger partial charge is 0.104 e. The highest BCUT2D eigenvalue weighted by atomic mass is 79.9. The molecule has 1 aromatic rings. The summed E-state index contributed by atoms with van der Waals surface area (Å²) in [5.41, 5.74) is 7.66. The van der Waals surface area contributed by atoms with Gasteiger partial charge < -0.3 is 10.6 Å². The normalized spacial score (nSPS) is 10.2. The average Bonchev–Trinajstić information content (AvgIpc) is 2.25. The average molecular weight is 301 g/mol. The van der Waals surface area contributed by atoms with E-state index in [0.717, 1.165) is 16.6 Å². The van der Waals surface area contributed by atoms with Crippen molar-refractivity contribution in [3.05, 3.63) is 28.2 Å². The largest absolute Gasteiger partial charge is 0.389 e. The fourth-order valence-corrected chi connectivity index (χ4v) is 2.29. The van der Waals surface area contributed by atoms with Crippen molar-refractivity contribution in [3.63, 3.8) is 0 Å². The number of nitrogens with two attached hydrogens (primary N) is 1. The highest BCUT2D eigenvalue weighted by Gasteiger charge is 2.07. The fourth-order valence-electron chi connectivity index (χ4n) is 1.49. The summed E-state index contributed by atoms with van der Waals surface area (Å²) < 4.78 is 1.04. The molecule has 0 heterocycles. The maximum atomic E-state index is 5.59. The highest BCUT2D eigenvalue weighted by molar-refractivity contribution is 9.10. The van der Waals surface area contributed by atoms with E-state index in [1.165, 1.54) is 18.5 Å². The molecule has 1 aromatic carbocycles. The molecule has 0 aromatic heterocycles. The first-order valence-corrected chi connectivity index (χ1v) is 6.57. The standard InChI is InChI=1S/C12H17BrN2S/c1-3-4-7-15(2)11-6-5-9(12(14)16)8-10(11)13/h5-6,8H,3-4,7H2,1-2H3,(H2,14,16). The number of halogens is 1. The molecule has 2 N–H and O–H groups in total. The number of hydrogen-bond acceptors (Lipinski definition) is 2. The minimum Gasteiger partial charge on any atom is -0.389 e. The summed E-state index contributed by atoms with van der Waals surface area (Å²) in [7, 11) is 2.09. The Morgan fingerprint density at radius 2 is 2.19 bits per heavy atom. The molecule has 4 heteroatoms. The highest BCUT2D eigenvalue weighted by Crippen LogP contribution is 2.26. The first-order valence-electron chi connectivity index (χ1n) is 5.36. The van der Waals surface area contributed by atoms with Gasteiger partial charge in [-0.1, -0.05) is 25.6 Å². The molecule has 0 aliphatic carbocycles. The molecule has 0 saturated heterocycles. The zero-order valence-corrected chi connectivity index (χ0v) is 12.1. The third-order valence-electron chi connectivity index (χ3n) is 2.49. The van der Waals surface area contributed by atoms with Crippen molar-refractivity contribution in [2.24, 2.45) is 5.73 Å². The molecule has 0 fully saturated rings. The van der Waals surface area contributed by atoms with Crippen molar-refractivity contribution in [1.82, 2.24) is 0 Å². The van der Waals surface area contributed by atoms with E-state index in [4.69, 9.17) is 18.0 Å². The van der Waals surface area contributed by atoms with Crippen LogP contribution in [0.4, 0.5) is 5.69 Å². The molecule has 1 rings (SSSR count). The lowest BCUT2D eigenvalue weighted by molar-refractivity contribution is 0.766. The maximum Gasteiger partial charge on any atom is 0.104 e. The summed E-state index contributed by atoms with van der Waals surface area (Å²) in [4.78, 5) is 2.67. The molecule has 2 nitrogen and oxygen atoms in total. The lowest BCUT2D eigenvalue weighted by atomic mass is 10.2. The van der Waals surface area contributed by atoms with Gasteiger partial charge in [0.2, 0.25) is 0 Å². The van der Waals surface area contributed by atoms with Crippen LogP contribution in [-0.4, -0.2) is 18.6 Å². The number of hydrogen-bond donors (Lipinski definition) is 1. The van der Waals surface area contributed by atoms with Crippen molar-refractivity contribution in [3.8, 4) is 0 Å². The molecule has 0 aliphatic rings. The van der Waals surface area contributed by atoms with Gasteiger partial charge in [0, 0.05) is 23.6 Å². The van der Waals surface area contributed by atoms with Crippen LogP contribution in [0, 0.1) is 0 Å². The van der Waals surface area contributed by atoms with Crippen molar-refractivity contribution < 1.29 is 0 Å². The van der Waals surface area contributed by atoms with Crippen LogP contribution in [0.3, 0.4) is 0 Å². The van der Waals surface area contributed by atoms with Gasteiger partial charge in [-0.15, -0.1) is 0 Å². The van der Waals surface area contributed by atoms with Gasteiger partial charge in [-0.2, -0.15) is 0 Å². The van der Waals surface area contributed by atoms with E-state index in [2.05, 4.69) is 34.8 Å². The van der Waals surface area contributed by atoms with Gasteiger partial charge in [-0.05, 0) is 40.5 Å². The number of thiocarbonyl (C=S) groups is 1. The van der Waals surface area contributed by atoms with Crippen LogP contribution in [0.25, 0.3) is 0 Å². The summed E-state index contributed by atoms with van der Waals surface area (Å²) in [6.45, 7) is 3.25. The third kappa shape index (κ3) is 3.46. The van der Waals surface area contributed by atoms with Gasteiger partial charge in [-0.3, -0.25) is 0 Å². The van der Waals surface area contributed by atoms with Crippen LogP contribution >= 0.6 is 28.1 Å². The second-order valence-corrected chi connectivity index (χ2v) is 5.10. The second-order valence-electron chi connectivity index (χ2n) is 3.81. The Labute approximate surface area is 111 Å².